The van der Waals surface area contributed by atoms with Crippen LogP contribution in [-0.4, -0.2) is 46.4 Å². The minimum Gasteiger partial charge on any atom is -0.357 e. The summed E-state index contributed by atoms with van der Waals surface area (Å²) >= 11 is 0. The van der Waals surface area contributed by atoms with Crippen LogP contribution in [0.1, 0.15) is 39.4 Å². The van der Waals surface area contributed by atoms with E-state index in [9.17, 15) is 9.59 Å². The predicted octanol–water partition coefficient (Wildman–Crippen LogP) is 3.24. The Bertz CT molecular complexity index is 1410. The van der Waals surface area contributed by atoms with E-state index in [1.54, 1.807) is 12.4 Å². The second-order valence-electron chi connectivity index (χ2n) is 8.98. The van der Waals surface area contributed by atoms with E-state index in [-0.39, 0.29) is 17.2 Å². The third kappa shape index (κ3) is 3.43. The highest BCUT2D eigenvalue weighted by molar-refractivity contribution is 6.11. The van der Waals surface area contributed by atoms with Crippen LogP contribution in [0, 0.1) is 0 Å². The standard InChI is InChI=1S/C26H24N6O2/c33-24-19-13-20(31-23(19)26(15-30-24)8-3-9-27-14-26)17-7-10-28-21(12-17)32-25(34)22-18-5-2-1-4-16(18)6-11-29-22/h1-2,4-7,10-13,27,31H,3,8-9,14-15H2,(H,30,33)(H,28,32,34). The molecule has 1 unspecified atom stereocenters. The number of amides is 2. The van der Waals surface area contributed by atoms with E-state index >= 15 is 0 Å². The van der Waals surface area contributed by atoms with Gasteiger partial charge in [0.2, 0.25) is 0 Å². The maximum atomic E-state index is 13.0. The molecular formula is C26H24N6O2. The SMILES string of the molecule is O=C1NCC2(CCCNC2)c2[nH]c(-c3ccnc(NC(=O)c4nccc5ccccc45)c3)cc21. The predicted molar refractivity (Wildman–Crippen MR) is 130 cm³/mol. The van der Waals surface area contributed by atoms with Gasteiger partial charge in [0.15, 0.2) is 0 Å². The molecule has 1 saturated heterocycles. The average Bonchev–Trinajstić information content (AvgIpc) is 3.35. The number of rotatable bonds is 3. The second kappa shape index (κ2) is 8.07. The van der Waals surface area contributed by atoms with Crippen molar-refractivity contribution in [2.75, 3.05) is 25.0 Å². The van der Waals surface area contributed by atoms with Crippen LogP contribution in [0.4, 0.5) is 5.82 Å². The van der Waals surface area contributed by atoms with Crippen LogP contribution in [0.3, 0.4) is 0 Å². The van der Waals surface area contributed by atoms with Crippen molar-refractivity contribution in [3.8, 4) is 11.3 Å². The molecule has 34 heavy (non-hydrogen) atoms. The van der Waals surface area contributed by atoms with Crippen molar-refractivity contribution in [1.29, 1.82) is 0 Å². The van der Waals surface area contributed by atoms with Crippen LogP contribution in [-0.2, 0) is 5.41 Å². The summed E-state index contributed by atoms with van der Waals surface area (Å²) in [4.78, 5) is 37.7. The van der Waals surface area contributed by atoms with Crippen LogP contribution in [0.5, 0.6) is 0 Å². The molecule has 4 N–H and O–H groups in total. The highest BCUT2D eigenvalue weighted by Gasteiger charge is 2.42. The van der Waals surface area contributed by atoms with Crippen LogP contribution in [0.25, 0.3) is 22.0 Å². The van der Waals surface area contributed by atoms with Gasteiger partial charge in [0, 0.05) is 53.2 Å². The van der Waals surface area contributed by atoms with Crippen molar-refractivity contribution in [3.05, 3.63) is 77.9 Å². The number of anilines is 1. The summed E-state index contributed by atoms with van der Waals surface area (Å²) in [5.41, 5.74) is 3.58. The van der Waals surface area contributed by atoms with Gasteiger partial charge >= 0.3 is 0 Å². The monoisotopic (exact) mass is 452 g/mol. The van der Waals surface area contributed by atoms with E-state index in [0.29, 0.717) is 23.6 Å². The fourth-order valence-electron chi connectivity index (χ4n) is 5.12. The minimum atomic E-state index is -0.321. The van der Waals surface area contributed by atoms with Gasteiger partial charge in [-0.15, -0.1) is 0 Å². The molecule has 3 aromatic heterocycles. The van der Waals surface area contributed by atoms with E-state index in [0.717, 1.165) is 53.7 Å². The maximum Gasteiger partial charge on any atom is 0.276 e. The van der Waals surface area contributed by atoms with Gasteiger partial charge in [0.05, 0.1) is 5.56 Å². The lowest BCUT2D eigenvalue weighted by Gasteiger charge is -2.40. The molecule has 1 aromatic carbocycles. The number of aromatic nitrogens is 3. The topological polar surface area (TPSA) is 112 Å². The van der Waals surface area contributed by atoms with E-state index in [1.807, 2.05) is 48.5 Å². The van der Waals surface area contributed by atoms with Crippen molar-refractivity contribution in [2.24, 2.45) is 0 Å². The number of H-pyrrole nitrogens is 1. The van der Waals surface area contributed by atoms with Crippen LogP contribution in [0.15, 0.2) is 60.9 Å². The number of fused-ring (bicyclic) bond motifs is 3. The summed E-state index contributed by atoms with van der Waals surface area (Å²) in [6.07, 6.45) is 5.37. The van der Waals surface area contributed by atoms with Crippen molar-refractivity contribution >= 4 is 28.4 Å². The molecule has 6 rings (SSSR count). The first kappa shape index (κ1) is 20.6. The summed E-state index contributed by atoms with van der Waals surface area (Å²) in [5.74, 6) is 0.0421. The van der Waals surface area contributed by atoms with Crippen molar-refractivity contribution in [2.45, 2.75) is 18.3 Å². The fourth-order valence-corrected chi connectivity index (χ4v) is 5.12. The molecule has 0 radical (unpaired) electrons. The van der Waals surface area contributed by atoms with E-state index in [1.165, 1.54) is 0 Å². The lowest BCUT2D eigenvalue weighted by atomic mass is 9.74. The normalized spacial score (nSPS) is 19.6. The first-order valence-electron chi connectivity index (χ1n) is 11.5. The Kier molecular flexibility index (Phi) is 4.88. The number of nitrogens with one attached hydrogen (secondary N) is 4. The highest BCUT2D eigenvalue weighted by atomic mass is 16.2. The summed E-state index contributed by atoms with van der Waals surface area (Å²) in [7, 11) is 0. The third-order valence-corrected chi connectivity index (χ3v) is 6.85. The molecule has 1 atom stereocenters. The molecule has 0 bridgehead atoms. The van der Waals surface area contributed by atoms with Gasteiger partial charge < -0.3 is 20.9 Å². The summed E-state index contributed by atoms with van der Waals surface area (Å²) in [6.45, 7) is 2.45. The van der Waals surface area contributed by atoms with Gasteiger partial charge in [-0.2, -0.15) is 0 Å². The Labute approximate surface area is 196 Å². The number of hydrogen-bond donors (Lipinski definition) is 4. The Balaban J connectivity index is 1.32. The molecule has 5 heterocycles. The second-order valence-corrected chi connectivity index (χ2v) is 8.98. The van der Waals surface area contributed by atoms with Gasteiger partial charge in [-0.25, -0.2) is 4.98 Å². The molecule has 4 aromatic rings. The smallest absolute Gasteiger partial charge is 0.276 e. The lowest BCUT2D eigenvalue weighted by molar-refractivity contribution is 0.0915. The van der Waals surface area contributed by atoms with Gasteiger partial charge in [-0.3, -0.25) is 14.6 Å². The van der Waals surface area contributed by atoms with Crippen molar-refractivity contribution in [3.63, 3.8) is 0 Å². The number of pyridine rings is 2. The van der Waals surface area contributed by atoms with E-state index in [4.69, 9.17) is 0 Å². The zero-order valence-electron chi connectivity index (χ0n) is 18.5. The first-order valence-corrected chi connectivity index (χ1v) is 11.5. The van der Waals surface area contributed by atoms with Gasteiger partial charge in [0.25, 0.3) is 11.8 Å². The zero-order valence-corrected chi connectivity index (χ0v) is 18.5. The van der Waals surface area contributed by atoms with Crippen LogP contribution >= 0.6 is 0 Å². The van der Waals surface area contributed by atoms with E-state index < -0.39 is 0 Å². The Morgan fingerprint density at radius 3 is 2.79 bits per heavy atom. The number of aromatic amines is 1. The maximum absolute atomic E-state index is 13.0. The first-order chi connectivity index (χ1) is 16.6. The molecule has 1 spiro atoms. The quantitative estimate of drug-likeness (QED) is 0.381. The number of piperidine rings is 1. The number of hydrogen-bond acceptors (Lipinski definition) is 5. The summed E-state index contributed by atoms with van der Waals surface area (Å²) in [5, 5.41) is 11.1. The van der Waals surface area contributed by atoms with Gasteiger partial charge in [0.1, 0.15) is 11.5 Å². The highest BCUT2D eigenvalue weighted by Crippen LogP contribution is 2.37. The van der Waals surface area contributed by atoms with Crippen molar-refractivity contribution < 1.29 is 9.59 Å². The zero-order chi connectivity index (χ0) is 23.1. The third-order valence-electron chi connectivity index (χ3n) is 6.85. The molecule has 8 heteroatoms. The Morgan fingerprint density at radius 1 is 1.03 bits per heavy atom. The molecule has 2 amide bonds. The summed E-state index contributed by atoms with van der Waals surface area (Å²) in [6, 6.07) is 15.1. The molecule has 2 aliphatic rings. The Morgan fingerprint density at radius 2 is 1.91 bits per heavy atom. The molecule has 0 aliphatic carbocycles. The van der Waals surface area contributed by atoms with Gasteiger partial charge in [-0.05, 0) is 49.0 Å². The number of nitrogens with zero attached hydrogens (tertiary/aromatic N) is 2. The largest absolute Gasteiger partial charge is 0.357 e. The molecule has 0 saturated carbocycles. The number of benzene rings is 1. The lowest BCUT2D eigenvalue weighted by Crippen LogP contribution is -2.54. The summed E-state index contributed by atoms with van der Waals surface area (Å²) < 4.78 is 0. The van der Waals surface area contributed by atoms with E-state index in [2.05, 4.69) is 30.9 Å². The minimum absolute atomic E-state index is 0.0571. The molecular weight excluding hydrogens is 428 g/mol. The number of carbonyl (C=O) groups excluding carboxylic acids is 2. The fraction of sp³-hybridized carbons (Fsp3) is 0.231. The molecule has 1 fully saturated rings. The van der Waals surface area contributed by atoms with Crippen LogP contribution in [0.2, 0.25) is 0 Å². The van der Waals surface area contributed by atoms with Crippen molar-refractivity contribution in [1.82, 2.24) is 25.6 Å². The molecule has 170 valence electrons. The Hall–Kier alpha value is -4.04. The molecule has 8 nitrogen and oxygen atoms in total. The molecule has 2 aliphatic heterocycles. The van der Waals surface area contributed by atoms with Gasteiger partial charge in [-0.1, -0.05) is 24.3 Å². The number of carbonyl (C=O) groups is 2. The average molecular weight is 453 g/mol. The van der Waals surface area contributed by atoms with Crippen LogP contribution < -0.4 is 16.0 Å².